The molecule has 0 amide bonds. The number of methoxy groups -OCH3 is 1. The van der Waals surface area contributed by atoms with E-state index < -0.39 is 5.97 Å². The molecule has 5 nitrogen and oxygen atoms in total. The molecule has 2 heterocycles. The molecule has 0 unspecified atom stereocenters. The first-order valence-electron chi connectivity index (χ1n) is 4.33. The van der Waals surface area contributed by atoms with Crippen LogP contribution in [0.2, 0.25) is 0 Å². The fourth-order valence-corrected chi connectivity index (χ4v) is 2.08. The predicted octanol–water partition coefficient (Wildman–Crippen LogP) is 1.76. The molecule has 80 valence electrons. The van der Waals surface area contributed by atoms with Gasteiger partial charge in [-0.25, -0.2) is 9.31 Å². The zero-order valence-corrected chi connectivity index (χ0v) is 9.85. The van der Waals surface area contributed by atoms with E-state index in [1.807, 2.05) is 6.07 Å². The minimum atomic E-state index is -0.459. The molecule has 0 atom stereocenters. The molecule has 0 aliphatic heterocycles. The number of ether oxygens (including phenoxy) is 1. The fraction of sp³-hybridized carbons (Fsp3) is 0.100. The number of hydrogen-bond acceptors (Lipinski definition) is 4. The third kappa shape index (κ3) is 1.46. The molecule has 0 saturated heterocycles. The minimum absolute atomic E-state index is 0.368. The van der Waals surface area contributed by atoms with Crippen LogP contribution >= 0.6 is 15.9 Å². The number of hydrogen-bond donors (Lipinski definition) is 0. The van der Waals surface area contributed by atoms with Crippen LogP contribution in [-0.2, 0) is 4.74 Å². The highest BCUT2D eigenvalue weighted by Crippen LogP contribution is 2.25. The number of carbonyl (C=O) groups is 1. The van der Waals surface area contributed by atoms with E-state index in [1.165, 1.54) is 17.8 Å². The summed E-state index contributed by atoms with van der Waals surface area (Å²) in [5.74, 6) is -0.459. The lowest BCUT2D eigenvalue weighted by atomic mass is 10.2. The Morgan fingerprint density at radius 2 is 2.44 bits per heavy atom. The lowest BCUT2D eigenvalue weighted by Gasteiger charge is -2.04. The summed E-state index contributed by atoms with van der Waals surface area (Å²) in [6.07, 6.45) is 3.05. The zero-order chi connectivity index (χ0) is 11.7. The Hall–Kier alpha value is -1.87. The molecule has 0 N–H and O–H groups in total. The molecular formula is C10H6BrN3O2. The Kier molecular flexibility index (Phi) is 2.62. The molecule has 16 heavy (non-hydrogen) atoms. The van der Waals surface area contributed by atoms with Crippen molar-refractivity contribution in [2.75, 3.05) is 7.11 Å². The summed E-state index contributed by atoms with van der Waals surface area (Å²) in [6.45, 7) is 0. The van der Waals surface area contributed by atoms with Crippen molar-refractivity contribution >= 4 is 27.4 Å². The number of esters is 1. The molecule has 6 heteroatoms. The maximum absolute atomic E-state index is 11.4. The van der Waals surface area contributed by atoms with Gasteiger partial charge in [-0.05, 0) is 22.0 Å². The second-order valence-corrected chi connectivity index (χ2v) is 3.79. The van der Waals surface area contributed by atoms with Gasteiger partial charge in [0.2, 0.25) is 0 Å². The van der Waals surface area contributed by atoms with Crippen molar-refractivity contribution in [1.29, 1.82) is 5.26 Å². The normalized spacial score (nSPS) is 10.1. The quantitative estimate of drug-likeness (QED) is 0.746. The Morgan fingerprint density at radius 3 is 3.06 bits per heavy atom. The van der Waals surface area contributed by atoms with E-state index in [-0.39, 0.29) is 0 Å². The van der Waals surface area contributed by atoms with Gasteiger partial charge < -0.3 is 4.74 Å². The summed E-state index contributed by atoms with van der Waals surface area (Å²) in [4.78, 5) is 11.4. The van der Waals surface area contributed by atoms with Gasteiger partial charge in [-0.15, -0.1) is 0 Å². The summed E-state index contributed by atoms with van der Waals surface area (Å²) in [6, 6.07) is 3.59. The molecule has 0 aliphatic carbocycles. The maximum Gasteiger partial charge on any atom is 0.339 e. The first-order chi connectivity index (χ1) is 7.69. The summed E-state index contributed by atoms with van der Waals surface area (Å²) >= 11 is 3.28. The molecular weight excluding hydrogens is 274 g/mol. The fourth-order valence-electron chi connectivity index (χ4n) is 1.39. The largest absolute Gasteiger partial charge is 0.465 e. The Balaban J connectivity index is 2.78. The number of nitrogens with zero attached hydrogens (tertiary/aromatic N) is 3. The van der Waals surface area contributed by atoms with Gasteiger partial charge in [0, 0.05) is 6.20 Å². The number of pyridine rings is 1. The molecule has 2 aromatic rings. The van der Waals surface area contributed by atoms with Crippen LogP contribution in [0.1, 0.15) is 15.9 Å². The molecule has 2 aromatic heterocycles. The van der Waals surface area contributed by atoms with Crippen LogP contribution in [0.25, 0.3) is 5.52 Å². The number of carbonyl (C=O) groups excluding carboxylic acids is 1. The predicted molar refractivity (Wildman–Crippen MR) is 58.9 cm³/mol. The zero-order valence-electron chi connectivity index (χ0n) is 8.27. The maximum atomic E-state index is 11.4. The molecule has 0 fully saturated rings. The summed E-state index contributed by atoms with van der Waals surface area (Å²) < 4.78 is 6.67. The molecule has 0 aromatic carbocycles. The molecule has 0 saturated carbocycles. The highest BCUT2D eigenvalue weighted by molar-refractivity contribution is 9.10. The van der Waals surface area contributed by atoms with E-state index in [1.54, 1.807) is 12.3 Å². The number of rotatable bonds is 1. The molecule has 0 bridgehead atoms. The van der Waals surface area contributed by atoms with Crippen LogP contribution < -0.4 is 0 Å². The van der Waals surface area contributed by atoms with Crippen LogP contribution in [-0.4, -0.2) is 22.7 Å². The number of fused-ring (bicyclic) bond motifs is 1. The van der Waals surface area contributed by atoms with Crippen molar-refractivity contribution < 1.29 is 9.53 Å². The van der Waals surface area contributed by atoms with Crippen LogP contribution in [0, 0.1) is 11.3 Å². The summed E-state index contributed by atoms with van der Waals surface area (Å²) in [5.41, 5.74) is 1.33. The van der Waals surface area contributed by atoms with Crippen molar-refractivity contribution in [2.24, 2.45) is 0 Å². The van der Waals surface area contributed by atoms with Gasteiger partial charge in [0.1, 0.15) is 6.07 Å². The highest BCUT2D eigenvalue weighted by Gasteiger charge is 2.16. The SMILES string of the molecule is COC(=O)c1ccn2ncc(C#N)c2c1Br. The van der Waals surface area contributed by atoms with E-state index in [0.717, 1.165) is 0 Å². The molecule has 0 radical (unpaired) electrons. The van der Waals surface area contributed by atoms with E-state index in [9.17, 15) is 4.79 Å². The lowest BCUT2D eigenvalue weighted by molar-refractivity contribution is 0.0599. The average molecular weight is 280 g/mol. The van der Waals surface area contributed by atoms with Crippen molar-refractivity contribution in [3.05, 3.63) is 34.1 Å². The Morgan fingerprint density at radius 1 is 1.69 bits per heavy atom. The first kappa shape index (κ1) is 10.6. The average Bonchev–Trinajstić information content (AvgIpc) is 2.72. The third-order valence-corrected chi connectivity index (χ3v) is 2.95. The van der Waals surface area contributed by atoms with Crippen molar-refractivity contribution in [3.8, 4) is 6.07 Å². The van der Waals surface area contributed by atoms with Gasteiger partial charge in [-0.1, -0.05) is 0 Å². The van der Waals surface area contributed by atoms with Crippen LogP contribution in [0.15, 0.2) is 22.9 Å². The van der Waals surface area contributed by atoms with Gasteiger partial charge in [0.05, 0.1) is 34.4 Å². The number of nitriles is 1. The van der Waals surface area contributed by atoms with E-state index in [2.05, 4.69) is 25.8 Å². The Bertz CT molecular complexity index is 612. The standard InChI is InChI=1S/C10H6BrN3O2/c1-16-10(15)7-2-3-14-9(8(7)11)6(4-12)5-13-14/h2-3,5H,1H3. The molecule has 0 aliphatic rings. The smallest absolute Gasteiger partial charge is 0.339 e. The van der Waals surface area contributed by atoms with Crippen LogP contribution in [0.3, 0.4) is 0 Å². The van der Waals surface area contributed by atoms with Gasteiger partial charge >= 0.3 is 5.97 Å². The summed E-state index contributed by atoms with van der Waals surface area (Å²) in [5, 5.41) is 12.9. The van der Waals surface area contributed by atoms with Gasteiger partial charge in [-0.3, -0.25) is 0 Å². The van der Waals surface area contributed by atoms with E-state index in [4.69, 9.17) is 5.26 Å². The van der Waals surface area contributed by atoms with E-state index in [0.29, 0.717) is 21.1 Å². The van der Waals surface area contributed by atoms with E-state index >= 15 is 0 Å². The number of aromatic nitrogens is 2. The number of halogens is 1. The first-order valence-corrected chi connectivity index (χ1v) is 5.12. The van der Waals surface area contributed by atoms with Gasteiger partial charge in [0.15, 0.2) is 0 Å². The molecule has 2 rings (SSSR count). The van der Waals surface area contributed by atoms with Crippen LogP contribution in [0.5, 0.6) is 0 Å². The van der Waals surface area contributed by atoms with Gasteiger partial charge in [0.25, 0.3) is 0 Å². The third-order valence-electron chi connectivity index (χ3n) is 2.15. The minimum Gasteiger partial charge on any atom is -0.465 e. The second kappa shape index (κ2) is 3.94. The molecule has 0 spiro atoms. The monoisotopic (exact) mass is 279 g/mol. The van der Waals surface area contributed by atoms with Gasteiger partial charge in [-0.2, -0.15) is 10.4 Å². The Labute approximate surface area is 99.4 Å². The second-order valence-electron chi connectivity index (χ2n) is 3.00. The lowest BCUT2D eigenvalue weighted by Crippen LogP contribution is -2.04. The summed E-state index contributed by atoms with van der Waals surface area (Å²) in [7, 11) is 1.31. The van der Waals surface area contributed by atoms with Crippen molar-refractivity contribution in [3.63, 3.8) is 0 Å². The van der Waals surface area contributed by atoms with Crippen LogP contribution in [0.4, 0.5) is 0 Å². The highest BCUT2D eigenvalue weighted by atomic mass is 79.9. The van der Waals surface area contributed by atoms with Crippen molar-refractivity contribution in [2.45, 2.75) is 0 Å². The van der Waals surface area contributed by atoms with Crippen molar-refractivity contribution in [1.82, 2.24) is 9.61 Å². The topological polar surface area (TPSA) is 67.4 Å².